The molecule has 1 saturated heterocycles. The summed E-state index contributed by atoms with van der Waals surface area (Å²) in [5, 5.41) is 10.4. The number of hydrogen-bond acceptors (Lipinski definition) is 3. The average Bonchev–Trinajstić information content (AvgIpc) is 2.96. The molecule has 1 amide bonds. The summed E-state index contributed by atoms with van der Waals surface area (Å²) in [6, 6.07) is 2.30. The first-order chi connectivity index (χ1) is 8.34. The van der Waals surface area contributed by atoms with Crippen molar-refractivity contribution < 1.29 is 4.79 Å². The smallest absolute Gasteiger partial charge is 0.221 e. The van der Waals surface area contributed by atoms with Gasteiger partial charge in [0.2, 0.25) is 5.91 Å². The van der Waals surface area contributed by atoms with E-state index in [9.17, 15) is 4.79 Å². The van der Waals surface area contributed by atoms with Gasteiger partial charge in [0.25, 0.3) is 0 Å². The van der Waals surface area contributed by atoms with Gasteiger partial charge in [0.05, 0.1) is 0 Å². The van der Waals surface area contributed by atoms with Crippen molar-refractivity contribution in [3.05, 3.63) is 18.5 Å². The molecule has 1 aliphatic rings. The van der Waals surface area contributed by atoms with Gasteiger partial charge < -0.3 is 10.6 Å². The molecule has 17 heavy (non-hydrogen) atoms. The number of rotatable bonds is 6. The molecule has 0 aliphatic carbocycles. The molecule has 1 fully saturated rings. The molecule has 0 bridgehead atoms. The van der Waals surface area contributed by atoms with E-state index in [1.807, 2.05) is 16.9 Å². The quantitative estimate of drug-likeness (QED) is 0.708. The van der Waals surface area contributed by atoms with Crippen LogP contribution in [0.3, 0.4) is 0 Å². The first kappa shape index (κ1) is 12.1. The van der Waals surface area contributed by atoms with E-state index in [1.165, 1.54) is 6.42 Å². The molecule has 2 heterocycles. The third kappa shape index (κ3) is 4.19. The third-order valence-electron chi connectivity index (χ3n) is 3.04. The summed E-state index contributed by atoms with van der Waals surface area (Å²) in [5.41, 5.74) is 0. The summed E-state index contributed by atoms with van der Waals surface area (Å²) >= 11 is 0. The van der Waals surface area contributed by atoms with Gasteiger partial charge in [0, 0.05) is 37.9 Å². The minimum absolute atomic E-state index is 0.157. The van der Waals surface area contributed by atoms with Crippen LogP contribution in [0, 0.1) is 0 Å². The molecule has 1 aliphatic heterocycles. The summed E-state index contributed by atoms with van der Waals surface area (Å²) in [6.07, 6.45) is 7.56. The molecule has 1 atom stereocenters. The van der Waals surface area contributed by atoms with Crippen LogP contribution in [-0.4, -0.2) is 34.8 Å². The Balaban J connectivity index is 1.53. The molecule has 5 nitrogen and oxygen atoms in total. The van der Waals surface area contributed by atoms with Gasteiger partial charge in [-0.25, -0.2) is 0 Å². The Morgan fingerprint density at radius 1 is 1.59 bits per heavy atom. The van der Waals surface area contributed by atoms with Crippen molar-refractivity contribution in [1.29, 1.82) is 0 Å². The van der Waals surface area contributed by atoms with E-state index in [0.717, 1.165) is 32.5 Å². The molecule has 1 unspecified atom stereocenters. The Labute approximate surface area is 102 Å². The van der Waals surface area contributed by atoms with Gasteiger partial charge in [0.15, 0.2) is 0 Å². The van der Waals surface area contributed by atoms with Crippen LogP contribution >= 0.6 is 0 Å². The predicted octanol–water partition coefficient (Wildman–Crippen LogP) is 0.531. The van der Waals surface area contributed by atoms with Gasteiger partial charge in [-0.3, -0.25) is 9.48 Å². The van der Waals surface area contributed by atoms with Gasteiger partial charge in [-0.2, -0.15) is 5.10 Å². The predicted molar refractivity (Wildman–Crippen MR) is 65.5 cm³/mol. The van der Waals surface area contributed by atoms with Crippen LogP contribution in [-0.2, 0) is 11.3 Å². The zero-order chi connectivity index (χ0) is 11.9. The maximum absolute atomic E-state index is 11.6. The molecule has 0 saturated carbocycles. The lowest BCUT2D eigenvalue weighted by Gasteiger charge is -2.10. The lowest BCUT2D eigenvalue weighted by Crippen LogP contribution is -2.32. The highest BCUT2D eigenvalue weighted by molar-refractivity contribution is 5.76. The van der Waals surface area contributed by atoms with Crippen molar-refractivity contribution in [3.8, 4) is 0 Å². The van der Waals surface area contributed by atoms with Crippen molar-refractivity contribution in [2.24, 2.45) is 0 Å². The van der Waals surface area contributed by atoms with Gasteiger partial charge in [-0.05, 0) is 31.9 Å². The van der Waals surface area contributed by atoms with E-state index in [4.69, 9.17) is 0 Å². The SMILES string of the molecule is O=C(CC1CCCN1)NCCCn1cccn1. The second-order valence-electron chi connectivity index (χ2n) is 4.47. The first-order valence-corrected chi connectivity index (χ1v) is 6.32. The van der Waals surface area contributed by atoms with Crippen LogP contribution in [0.4, 0.5) is 0 Å². The van der Waals surface area contributed by atoms with Gasteiger partial charge in [-0.15, -0.1) is 0 Å². The highest BCUT2D eigenvalue weighted by atomic mass is 16.1. The van der Waals surface area contributed by atoms with E-state index in [1.54, 1.807) is 6.20 Å². The van der Waals surface area contributed by atoms with Crippen LogP contribution < -0.4 is 10.6 Å². The highest BCUT2D eigenvalue weighted by Crippen LogP contribution is 2.07. The number of carbonyl (C=O) groups is 1. The molecule has 2 N–H and O–H groups in total. The van der Waals surface area contributed by atoms with E-state index in [2.05, 4.69) is 15.7 Å². The molecule has 94 valence electrons. The van der Waals surface area contributed by atoms with Crippen LogP contribution in [0.5, 0.6) is 0 Å². The molecule has 0 spiro atoms. The van der Waals surface area contributed by atoms with Crippen molar-refractivity contribution in [1.82, 2.24) is 20.4 Å². The van der Waals surface area contributed by atoms with E-state index < -0.39 is 0 Å². The Morgan fingerprint density at radius 2 is 2.53 bits per heavy atom. The number of hydrogen-bond donors (Lipinski definition) is 2. The Morgan fingerprint density at radius 3 is 3.24 bits per heavy atom. The van der Waals surface area contributed by atoms with Crippen molar-refractivity contribution in [2.75, 3.05) is 13.1 Å². The highest BCUT2D eigenvalue weighted by Gasteiger charge is 2.16. The van der Waals surface area contributed by atoms with Crippen molar-refractivity contribution in [2.45, 2.75) is 38.3 Å². The second kappa shape index (κ2) is 6.39. The molecule has 0 radical (unpaired) electrons. The summed E-state index contributed by atoms with van der Waals surface area (Å²) in [5.74, 6) is 0.157. The van der Waals surface area contributed by atoms with Crippen LogP contribution in [0.25, 0.3) is 0 Å². The number of nitrogens with one attached hydrogen (secondary N) is 2. The van der Waals surface area contributed by atoms with Crippen LogP contribution in [0.15, 0.2) is 18.5 Å². The number of aromatic nitrogens is 2. The van der Waals surface area contributed by atoms with Crippen LogP contribution in [0.2, 0.25) is 0 Å². The molecular formula is C12H20N4O. The normalized spacial score (nSPS) is 19.4. The monoisotopic (exact) mass is 236 g/mol. The molecule has 5 heteroatoms. The molecule has 1 aromatic rings. The molecule has 1 aromatic heterocycles. The summed E-state index contributed by atoms with van der Waals surface area (Å²) in [6.45, 7) is 2.64. The maximum atomic E-state index is 11.6. The fourth-order valence-corrected chi connectivity index (χ4v) is 2.13. The standard InChI is InChI=1S/C12H20N4O/c17-12(10-11-4-1-5-13-11)14-6-2-8-16-9-3-7-15-16/h3,7,9,11,13H,1-2,4-6,8,10H2,(H,14,17). The number of amides is 1. The molecule has 0 aromatic carbocycles. The summed E-state index contributed by atoms with van der Waals surface area (Å²) in [7, 11) is 0. The van der Waals surface area contributed by atoms with E-state index in [0.29, 0.717) is 12.5 Å². The zero-order valence-electron chi connectivity index (χ0n) is 10.1. The summed E-state index contributed by atoms with van der Waals surface area (Å²) < 4.78 is 1.88. The van der Waals surface area contributed by atoms with Crippen LogP contribution in [0.1, 0.15) is 25.7 Å². The Hall–Kier alpha value is -1.36. The van der Waals surface area contributed by atoms with Crippen molar-refractivity contribution >= 4 is 5.91 Å². The number of nitrogens with zero attached hydrogens (tertiary/aromatic N) is 2. The Bertz CT molecular complexity index is 330. The average molecular weight is 236 g/mol. The number of carbonyl (C=O) groups excluding carboxylic acids is 1. The minimum atomic E-state index is 0.157. The molecule has 2 rings (SSSR count). The van der Waals surface area contributed by atoms with Gasteiger partial charge in [-0.1, -0.05) is 0 Å². The zero-order valence-corrected chi connectivity index (χ0v) is 10.1. The first-order valence-electron chi connectivity index (χ1n) is 6.32. The third-order valence-corrected chi connectivity index (χ3v) is 3.04. The van der Waals surface area contributed by atoms with Crippen molar-refractivity contribution in [3.63, 3.8) is 0 Å². The molecular weight excluding hydrogens is 216 g/mol. The topological polar surface area (TPSA) is 59.0 Å². The summed E-state index contributed by atoms with van der Waals surface area (Å²) in [4.78, 5) is 11.6. The van der Waals surface area contributed by atoms with E-state index >= 15 is 0 Å². The second-order valence-corrected chi connectivity index (χ2v) is 4.47. The maximum Gasteiger partial charge on any atom is 0.221 e. The lowest BCUT2D eigenvalue weighted by molar-refractivity contribution is -0.121. The fourth-order valence-electron chi connectivity index (χ4n) is 2.13. The van der Waals surface area contributed by atoms with E-state index in [-0.39, 0.29) is 5.91 Å². The van der Waals surface area contributed by atoms with Gasteiger partial charge in [0.1, 0.15) is 0 Å². The fraction of sp³-hybridized carbons (Fsp3) is 0.667. The minimum Gasteiger partial charge on any atom is -0.356 e. The lowest BCUT2D eigenvalue weighted by atomic mass is 10.1. The van der Waals surface area contributed by atoms with Gasteiger partial charge >= 0.3 is 0 Å². The largest absolute Gasteiger partial charge is 0.356 e. The number of aryl methyl sites for hydroxylation is 1. The Kier molecular flexibility index (Phi) is 4.55.